The fraction of sp³-hybridized carbons (Fsp3) is 0.105. The zero-order valence-corrected chi connectivity index (χ0v) is 17.3. The number of para-hydroxylation sites is 2. The first-order valence-corrected chi connectivity index (χ1v) is 9.18. The van der Waals surface area contributed by atoms with Crippen LogP contribution in [0.4, 0.5) is 5.69 Å². The number of methoxy groups -OCH3 is 2. The molecule has 0 radical (unpaired) electrons. The predicted molar refractivity (Wildman–Crippen MR) is 112 cm³/mol. The molecule has 9 heteroatoms. The Bertz CT molecular complexity index is 1020. The molecule has 0 aromatic heterocycles. The molecule has 7 nitrogen and oxygen atoms in total. The number of carbonyl (C=O) groups is 2. The Hall–Kier alpha value is -2.91. The van der Waals surface area contributed by atoms with Gasteiger partial charge in [-0.25, -0.2) is 4.90 Å². The van der Waals surface area contributed by atoms with Crippen LogP contribution in [0.15, 0.2) is 46.4 Å². The van der Waals surface area contributed by atoms with Gasteiger partial charge in [0.05, 0.1) is 19.9 Å². The number of nitrogens with zero attached hydrogens (tertiary/aromatic N) is 1. The topological polar surface area (TPSA) is 88.1 Å². The summed E-state index contributed by atoms with van der Waals surface area (Å²) in [5.41, 5.74) is 0.752. The van der Waals surface area contributed by atoms with E-state index >= 15 is 0 Å². The van der Waals surface area contributed by atoms with Crippen LogP contribution >= 0.6 is 28.1 Å². The zero-order valence-electron chi connectivity index (χ0n) is 14.9. The summed E-state index contributed by atoms with van der Waals surface area (Å²) in [6.07, 6.45) is 1.40. The number of phenolic OH excluding ortho intramolecular Hbond substituents is 1. The highest BCUT2D eigenvalue weighted by Crippen LogP contribution is 2.35. The fourth-order valence-electron chi connectivity index (χ4n) is 2.68. The molecule has 1 fully saturated rings. The first-order valence-electron chi connectivity index (χ1n) is 7.98. The maximum Gasteiger partial charge on any atom is 0.270 e. The predicted octanol–water partition coefficient (Wildman–Crippen LogP) is 3.00. The van der Waals surface area contributed by atoms with Crippen LogP contribution in [0.25, 0.3) is 6.08 Å². The number of hydrogen-bond acceptors (Lipinski definition) is 6. The van der Waals surface area contributed by atoms with Gasteiger partial charge in [-0.05, 0) is 48.1 Å². The summed E-state index contributed by atoms with van der Waals surface area (Å²) in [5.74, 6) is -0.665. The molecule has 1 aliphatic rings. The van der Waals surface area contributed by atoms with Gasteiger partial charge in [0.25, 0.3) is 11.8 Å². The van der Waals surface area contributed by atoms with Crippen LogP contribution < -0.4 is 19.7 Å². The van der Waals surface area contributed by atoms with Gasteiger partial charge >= 0.3 is 0 Å². The van der Waals surface area contributed by atoms with Gasteiger partial charge in [-0.15, -0.1) is 0 Å². The average molecular weight is 463 g/mol. The molecule has 0 spiro atoms. The number of thiocarbonyl (C=S) groups is 1. The van der Waals surface area contributed by atoms with Crippen molar-refractivity contribution < 1.29 is 24.2 Å². The van der Waals surface area contributed by atoms with Crippen LogP contribution in [0.2, 0.25) is 0 Å². The molecule has 0 unspecified atom stereocenters. The van der Waals surface area contributed by atoms with Crippen molar-refractivity contribution in [2.45, 2.75) is 0 Å². The van der Waals surface area contributed by atoms with Gasteiger partial charge < -0.3 is 14.6 Å². The second kappa shape index (κ2) is 7.99. The number of benzene rings is 2. The molecule has 0 bridgehead atoms. The summed E-state index contributed by atoms with van der Waals surface area (Å²) in [4.78, 5) is 26.8. The van der Waals surface area contributed by atoms with Crippen molar-refractivity contribution in [2.75, 3.05) is 19.1 Å². The third-order valence-electron chi connectivity index (χ3n) is 4.03. The minimum atomic E-state index is -0.625. The molecule has 3 rings (SSSR count). The van der Waals surface area contributed by atoms with Crippen LogP contribution in [0.3, 0.4) is 0 Å². The summed E-state index contributed by atoms with van der Waals surface area (Å²) in [6.45, 7) is 0. The van der Waals surface area contributed by atoms with Gasteiger partial charge in [0, 0.05) is 4.47 Å². The van der Waals surface area contributed by atoms with Gasteiger partial charge in [-0.1, -0.05) is 28.1 Å². The molecule has 2 aromatic carbocycles. The Morgan fingerprint density at radius 3 is 2.50 bits per heavy atom. The largest absolute Gasteiger partial charge is 0.504 e. The lowest BCUT2D eigenvalue weighted by molar-refractivity contribution is -0.122. The van der Waals surface area contributed by atoms with Gasteiger partial charge in [0.15, 0.2) is 16.6 Å². The Balaban J connectivity index is 2.09. The van der Waals surface area contributed by atoms with Crippen molar-refractivity contribution >= 4 is 56.8 Å². The standard InChI is InChI=1S/C19H15BrN2O5S/c1-26-15-6-4-3-5-13(15)22-18(25)11(17(24)21-19(22)28)7-10-8-16(27-2)14(23)9-12(10)20/h3-9,23H,1-2H3,(H,21,24,28). The molecular formula is C19H15BrN2O5S. The number of rotatable bonds is 4. The second-order valence-corrected chi connectivity index (χ2v) is 6.92. The molecule has 2 amide bonds. The van der Waals surface area contributed by atoms with E-state index in [0.717, 1.165) is 0 Å². The number of carbonyl (C=O) groups excluding carboxylic acids is 2. The lowest BCUT2D eigenvalue weighted by atomic mass is 10.1. The van der Waals surface area contributed by atoms with Crippen molar-refractivity contribution in [1.29, 1.82) is 0 Å². The minimum absolute atomic E-state index is 0.0426. The highest BCUT2D eigenvalue weighted by Gasteiger charge is 2.35. The maximum atomic E-state index is 13.1. The molecule has 1 aliphatic heterocycles. The smallest absolute Gasteiger partial charge is 0.270 e. The molecule has 28 heavy (non-hydrogen) atoms. The number of amides is 2. The van der Waals surface area contributed by atoms with E-state index in [2.05, 4.69) is 21.2 Å². The van der Waals surface area contributed by atoms with Crippen molar-refractivity contribution in [3.63, 3.8) is 0 Å². The molecular weight excluding hydrogens is 448 g/mol. The van der Waals surface area contributed by atoms with E-state index in [9.17, 15) is 14.7 Å². The Kier molecular flexibility index (Phi) is 5.66. The number of hydrogen-bond donors (Lipinski definition) is 2. The van der Waals surface area contributed by atoms with Gasteiger partial charge in [-0.3, -0.25) is 14.9 Å². The third kappa shape index (κ3) is 3.58. The van der Waals surface area contributed by atoms with E-state index in [4.69, 9.17) is 21.7 Å². The lowest BCUT2D eigenvalue weighted by Crippen LogP contribution is -2.54. The second-order valence-electron chi connectivity index (χ2n) is 5.68. The van der Waals surface area contributed by atoms with E-state index in [1.54, 1.807) is 24.3 Å². The maximum absolute atomic E-state index is 13.1. The van der Waals surface area contributed by atoms with E-state index in [1.165, 1.54) is 37.3 Å². The summed E-state index contributed by atoms with van der Waals surface area (Å²) in [7, 11) is 2.88. The van der Waals surface area contributed by atoms with Crippen LogP contribution in [0.5, 0.6) is 17.2 Å². The van der Waals surface area contributed by atoms with Gasteiger partial charge in [-0.2, -0.15) is 0 Å². The highest BCUT2D eigenvalue weighted by atomic mass is 79.9. The van der Waals surface area contributed by atoms with E-state index < -0.39 is 11.8 Å². The van der Waals surface area contributed by atoms with E-state index in [-0.39, 0.29) is 22.2 Å². The molecule has 0 aliphatic carbocycles. The fourth-order valence-corrected chi connectivity index (χ4v) is 3.40. The summed E-state index contributed by atoms with van der Waals surface area (Å²) < 4.78 is 10.9. The number of nitrogens with one attached hydrogen (secondary N) is 1. The monoisotopic (exact) mass is 462 g/mol. The normalized spacial score (nSPS) is 15.6. The van der Waals surface area contributed by atoms with Gasteiger partial charge in [0.2, 0.25) is 0 Å². The quantitative estimate of drug-likeness (QED) is 0.412. The number of anilines is 1. The van der Waals surface area contributed by atoms with E-state index in [0.29, 0.717) is 21.5 Å². The SMILES string of the molecule is COc1cc(C=C2C(=O)NC(=S)N(c3ccccc3OC)C2=O)c(Br)cc1O. The van der Waals surface area contributed by atoms with Crippen LogP contribution in [-0.4, -0.2) is 36.3 Å². The summed E-state index contributed by atoms with van der Waals surface area (Å²) >= 11 is 8.51. The van der Waals surface area contributed by atoms with Gasteiger partial charge in [0.1, 0.15) is 11.3 Å². The summed E-state index contributed by atoms with van der Waals surface area (Å²) in [6, 6.07) is 9.76. The minimum Gasteiger partial charge on any atom is -0.504 e. The van der Waals surface area contributed by atoms with Crippen molar-refractivity contribution in [1.82, 2.24) is 5.32 Å². The van der Waals surface area contributed by atoms with Crippen LogP contribution in [-0.2, 0) is 9.59 Å². The first kappa shape index (κ1) is 19.8. The van der Waals surface area contributed by atoms with Crippen molar-refractivity contribution in [3.05, 3.63) is 52.0 Å². The number of phenols is 1. The molecule has 144 valence electrons. The Morgan fingerprint density at radius 1 is 1.14 bits per heavy atom. The zero-order chi connectivity index (χ0) is 20.4. The van der Waals surface area contributed by atoms with Crippen LogP contribution in [0.1, 0.15) is 5.56 Å². The molecule has 2 aromatic rings. The Labute approximate surface area is 174 Å². The molecule has 0 atom stereocenters. The van der Waals surface area contributed by atoms with E-state index in [1.807, 2.05) is 0 Å². The molecule has 0 saturated carbocycles. The number of ether oxygens (including phenoxy) is 2. The highest BCUT2D eigenvalue weighted by molar-refractivity contribution is 9.10. The summed E-state index contributed by atoms with van der Waals surface area (Å²) in [5, 5.41) is 12.3. The average Bonchev–Trinajstić information content (AvgIpc) is 2.66. The third-order valence-corrected chi connectivity index (χ3v) is 5.00. The van der Waals surface area contributed by atoms with Crippen LogP contribution in [0, 0.1) is 0 Å². The van der Waals surface area contributed by atoms with Crippen molar-refractivity contribution in [3.8, 4) is 17.2 Å². The lowest BCUT2D eigenvalue weighted by Gasteiger charge is -2.29. The molecule has 1 heterocycles. The van der Waals surface area contributed by atoms with Crippen molar-refractivity contribution in [2.24, 2.45) is 0 Å². The molecule has 1 saturated heterocycles. The molecule has 2 N–H and O–H groups in total. The Morgan fingerprint density at radius 2 is 1.82 bits per heavy atom. The number of halogens is 1. The first-order chi connectivity index (χ1) is 13.4. The number of aromatic hydroxyl groups is 1.